The number of hydrogen-bond acceptors (Lipinski definition) is 3. The highest BCUT2D eigenvalue weighted by molar-refractivity contribution is 9.10. The molecule has 0 radical (unpaired) electrons. The van der Waals surface area contributed by atoms with Crippen LogP contribution in [0.25, 0.3) is 0 Å². The number of hydrogen-bond donors (Lipinski definition) is 1. The molecule has 1 aliphatic rings. The second-order valence-electron chi connectivity index (χ2n) is 5.98. The van der Waals surface area contributed by atoms with Crippen molar-refractivity contribution in [2.75, 3.05) is 32.2 Å². The highest BCUT2D eigenvalue weighted by Gasteiger charge is 2.33. The molecule has 1 aliphatic carbocycles. The normalized spacial score (nSPS) is 17.6. The van der Waals surface area contributed by atoms with E-state index in [1.807, 2.05) is 7.05 Å². The van der Waals surface area contributed by atoms with Gasteiger partial charge in [0.05, 0.1) is 6.61 Å². The van der Waals surface area contributed by atoms with Gasteiger partial charge in [-0.2, -0.15) is 0 Å². The van der Waals surface area contributed by atoms with Gasteiger partial charge in [-0.3, -0.25) is 0 Å². The van der Waals surface area contributed by atoms with Crippen LogP contribution in [-0.2, 0) is 4.74 Å². The summed E-state index contributed by atoms with van der Waals surface area (Å²) in [6, 6.07) is 7.50. The predicted molar refractivity (Wildman–Crippen MR) is 93.0 cm³/mol. The summed E-state index contributed by atoms with van der Waals surface area (Å²) in [7, 11) is 3.79. The first-order valence-electron chi connectivity index (χ1n) is 7.80. The van der Waals surface area contributed by atoms with Gasteiger partial charge in [0.1, 0.15) is 0 Å². The second-order valence-corrected chi connectivity index (χ2v) is 6.89. The smallest absolute Gasteiger partial charge is 0.0637 e. The molecular weight excluding hydrogens is 328 g/mol. The Hall–Kier alpha value is -0.580. The lowest BCUT2D eigenvalue weighted by Gasteiger charge is -2.34. The zero-order chi connectivity index (χ0) is 15.4. The van der Waals surface area contributed by atoms with Gasteiger partial charge in [0.15, 0.2) is 0 Å². The van der Waals surface area contributed by atoms with Gasteiger partial charge >= 0.3 is 0 Å². The van der Waals surface area contributed by atoms with Crippen LogP contribution < -0.4 is 10.2 Å². The fourth-order valence-electron chi connectivity index (χ4n) is 2.85. The van der Waals surface area contributed by atoms with Gasteiger partial charge in [-0.15, -0.1) is 0 Å². The molecule has 118 valence electrons. The van der Waals surface area contributed by atoms with Gasteiger partial charge in [-0.1, -0.05) is 22.0 Å². The molecule has 2 rings (SSSR count). The first-order valence-corrected chi connectivity index (χ1v) is 8.60. The average Bonchev–Trinajstić information content (AvgIpc) is 3.31. The molecule has 1 aromatic carbocycles. The number of halogens is 1. The van der Waals surface area contributed by atoms with Crippen molar-refractivity contribution in [3.8, 4) is 0 Å². The Morgan fingerprint density at radius 3 is 2.67 bits per heavy atom. The Kier molecular flexibility index (Phi) is 6.08. The maximum Gasteiger partial charge on any atom is 0.0637 e. The van der Waals surface area contributed by atoms with Crippen LogP contribution in [0.2, 0.25) is 0 Å². The monoisotopic (exact) mass is 354 g/mol. The van der Waals surface area contributed by atoms with E-state index in [4.69, 9.17) is 4.74 Å². The minimum Gasteiger partial charge on any atom is -0.383 e. The average molecular weight is 355 g/mol. The summed E-state index contributed by atoms with van der Waals surface area (Å²) >= 11 is 3.63. The number of nitrogens with zero attached hydrogens (tertiary/aromatic N) is 1. The molecule has 1 fully saturated rings. The molecule has 2 atom stereocenters. The first kappa shape index (κ1) is 16.8. The number of nitrogens with one attached hydrogen (secondary N) is 1. The Bertz CT molecular complexity index is 462. The van der Waals surface area contributed by atoms with Gasteiger partial charge in [0.2, 0.25) is 0 Å². The van der Waals surface area contributed by atoms with Crippen molar-refractivity contribution in [2.24, 2.45) is 5.92 Å². The van der Waals surface area contributed by atoms with Crippen LogP contribution in [0.3, 0.4) is 0 Å². The molecule has 0 heterocycles. The Morgan fingerprint density at radius 1 is 1.38 bits per heavy atom. The maximum atomic E-state index is 5.33. The summed E-state index contributed by atoms with van der Waals surface area (Å²) in [5.74, 6) is 0.832. The maximum absolute atomic E-state index is 5.33. The molecule has 4 heteroatoms. The Morgan fingerprint density at radius 2 is 2.10 bits per heavy atom. The number of methoxy groups -OCH3 is 1. The second kappa shape index (κ2) is 7.61. The highest BCUT2D eigenvalue weighted by Crippen LogP contribution is 2.39. The lowest BCUT2D eigenvalue weighted by molar-refractivity contribution is 0.202. The van der Waals surface area contributed by atoms with E-state index in [9.17, 15) is 0 Å². The third-order valence-electron chi connectivity index (χ3n) is 4.53. The molecular formula is C17H27BrN2O. The van der Waals surface area contributed by atoms with Crippen LogP contribution in [0.4, 0.5) is 5.69 Å². The molecule has 0 aliphatic heterocycles. The minimum absolute atomic E-state index is 0.338. The van der Waals surface area contributed by atoms with E-state index < -0.39 is 0 Å². The van der Waals surface area contributed by atoms with E-state index in [1.165, 1.54) is 24.1 Å². The number of anilines is 1. The summed E-state index contributed by atoms with van der Waals surface area (Å²) in [6.45, 7) is 6.26. The van der Waals surface area contributed by atoms with Crippen molar-refractivity contribution in [3.63, 3.8) is 0 Å². The van der Waals surface area contributed by atoms with Gasteiger partial charge in [0.25, 0.3) is 0 Å². The SMILES string of the molecule is CNC(C)c1ccc(Br)cc1N(CCOC)C(C)C1CC1. The van der Waals surface area contributed by atoms with Crippen molar-refractivity contribution in [1.82, 2.24) is 5.32 Å². The summed E-state index contributed by atoms with van der Waals surface area (Å²) < 4.78 is 6.47. The fourth-order valence-corrected chi connectivity index (χ4v) is 3.20. The van der Waals surface area contributed by atoms with E-state index in [0.717, 1.165) is 23.5 Å². The van der Waals surface area contributed by atoms with E-state index in [-0.39, 0.29) is 0 Å². The van der Waals surface area contributed by atoms with Crippen molar-refractivity contribution in [3.05, 3.63) is 28.2 Å². The summed E-state index contributed by atoms with van der Waals surface area (Å²) in [5.41, 5.74) is 2.67. The third-order valence-corrected chi connectivity index (χ3v) is 5.03. The standard InChI is InChI=1S/C17H27BrN2O/c1-12(19-3)16-8-7-15(18)11-17(16)20(9-10-21-4)13(2)14-5-6-14/h7-8,11-14,19H,5-6,9-10H2,1-4H3. The molecule has 3 nitrogen and oxygen atoms in total. The Balaban J connectivity index is 2.34. The summed E-state index contributed by atoms with van der Waals surface area (Å²) in [6.07, 6.45) is 2.71. The lowest BCUT2D eigenvalue weighted by atomic mass is 10.0. The highest BCUT2D eigenvalue weighted by atomic mass is 79.9. The van der Waals surface area contributed by atoms with Crippen molar-refractivity contribution in [2.45, 2.75) is 38.8 Å². The number of ether oxygens (including phenoxy) is 1. The largest absolute Gasteiger partial charge is 0.383 e. The number of benzene rings is 1. The van der Waals surface area contributed by atoms with Crippen LogP contribution in [0, 0.1) is 5.92 Å². The molecule has 1 aromatic rings. The van der Waals surface area contributed by atoms with Crippen LogP contribution in [0.5, 0.6) is 0 Å². The molecule has 2 unspecified atom stereocenters. The van der Waals surface area contributed by atoms with Crippen molar-refractivity contribution in [1.29, 1.82) is 0 Å². The van der Waals surface area contributed by atoms with Crippen LogP contribution in [-0.4, -0.2) is 33.4 Å². The van der Waals surface area contributed by atoms with Crippen molar-refractivity contribution >= 4 is 21.6 Å². The fraction of sp³-hybridized carbons (Fsp3) is 0.647. The quantitative estimate of drug-likeness (QED) is 0.763. The molecule has 0 amide bonds. The number of rotatable bonds is 8. The zero-order valence-electron chi connectivity index (χ0n) is 13.5. The van der Waals surface area contributed by atoms with Gasteiger partial charge < -0.3 is 15.0 Å². The van der Waals surface area contributed by atoms with E-state index in [1.54, 1.807) is 7.11 Å². The lowest BCUT2D eigenvalue weighted by Crippen LogP contribution is -2.38. The predicted octanol–water partition coefficient (Wildman–Crippen LogP) is 3.98. The van der Waals surface area contributed by atoms with Gasteiger partial charge in [0, 0.05) is 35.9 Å². The van der Waals surface area contributed by atoms with E-state index >= 15 is 0 Å². The van der Waals surface area contributed by atoms with Gasteiger partial charge in [-0.25, -0.2) is 0 Å². The van der Waals surface area contributed by atoms with Crippen LogP contribution in [0.15, 0.2) is 22.7 Å². The topological polar surface area (TPSA) is 24.5 Å². The molecule has 0 bridgehead atoms. The zero-order valence-corrected chi connectivity index (χ0v) is 15.1. The molecule has 1 saturated carbocycles. The van der Waals surface area contributed by atoms with Crippen molar-refractivity contribution < 1.29 is 4.74 Å². The van der Waals surface area contributed by atoms with Gasteiger partial charge in [-0.05, 0) is 57.4 Å². The molecule has 21 heavy (non-hydrogen) atoms. The molecule has 0 saturated heterocycles. The van der Waals surface area contributed by atoms with E-state index in [0.29, 0.717) is 12.1 Å². The van der Waals surface area contributed by atoms with Crippen LogP contribution in [0.1, 0.15) is 38.3 Å². The Labute approximate surface area is 137 Å². The summed E-state index contributed by atoms with van der Waals surface area (Å²) in [4.78, 5) is 2.52. The van der Waals surface area contributed by atoms with Crippen LogP contribution >= 0.6 is 15.9 Å². The minimum atomic E-state index is 0.338. The molecule has 0 spiro atoms. The summed E-state index contributed by atoms with van der Waals surface area (Å²) in [5, 5.41) is 3.36. The third kappa shape index (κ3) is 4.21. The first-order chi connectivity index (χ1) is 10.1. The molecule has 0 aromatic heterocycles. The molecule has 1 N–H and O–H groups in total. The van der Waals surface area contributed by atoms with E-state index in [2.05, 4.69) is 58.2 Å².